The molecular weight excluding hydrogens is 184 g/mol. The second-order valence-corrected chi connectivity index (χ2v) is 5.04. The molecule has 15 heavy (non-hydrogen) atoms. The first kappa shape index (κ1) is 13.0. The molecule has 0 aromatic carbocycles. The molecule has 2 heteroatoms. The first-order valence-electron chi connectivity index (χ1n) is 6.67. The molecule has 0 bridgehead atoms. The van der Waals surface area contributed by atoms with E-state index in [9.17, 15) is 0 Å². The maximum absolute atomic E-state index is 2.63. The van der Waals surface area contributed by atoms with Crippen molar-refractivity contribution < 1.29 is 0 Å². The van der Waals surface area contributed by atoms with Crippen molar-refractivity contribution in [3.63, 3.8) is 0 Å². The third kappa shape index (κ3) is 3.76. The molecule has 0 spiro atoms. The van der Waals surface area contributed by atoms with Gasteiger partial charge in [-0.2, -0.15) is 0 Å². The summed E-state index contributed by atoms with van der Waals surface area (Å²) >= 11 is 0. The zero-order valence-corrected chi connectivity index (χ0v) is 11.0. The molecule has 0 amide bonds. The topological polar surface area (TPSA) is 6.48 Å². The second kappa shape index (κ2) is 6.49. The fraction of sp³-hybridized carbons (Fsp3) is 1.00. The summed E-state index contributed by atoms with van der Waals surface area (Å²) < 4.78 is 0. The van der Waals surface area contributed by atoms with Crippen molar-refractivity contribution in [2.45, 2.75) is 65.5 Å². The number of nitrogens with zero attached hydrogens (tertiary/aromatic N) is 2. The summed E-state index contributed by atoms with van der Waals surface area (Å²) in [4.78, 5) is 5.27. The van der Waals surface area contributed by atoms with Crippen LogP contribution in [0.5, 0.6) is 0 Å². The molecule has 90 valence electrons. The van der Waals surface area contributed by atoms with Gasteiger partial charge in [-0.1, -0.05) is 26.7 Å². The fourth-order valence-electron chi connectivity index (χ4n) is 2.55. The molecule has 1 heterocycles. The summed E-state index contributed by atoms with van der Waals surface area (Å²) in [6.45, 7) is 13.1. The van der Waals surface area contributed by atoms with E-state index in [0.29, 0.717) is 0 Å². The van der Waals surface area contributed by atoms with Gasteiger partial charge in [0.05, 0.1) is 6.67 Å². The van der Waals surface area contributed by atoms with E-state index in [2.05, 4.69) is 37.5 Å². The minimum Gasteiger partial charge on any atom is -0.287 e. The Balaban J connectivity index is 2.31. The van der Waals surface area contributed by atoms with E-state index < -0.39 is 0 Å². The van der Waals surface area contributed by atoms with Gasteiger partial charge in [-0.15, -0.1) is 0 Å². The van der Waals surface area contributed by atoms with Gasteiger partial charge in [-0.3, -0.25) is 9.80 Å². The highest BCUT2D eigenvalue weighted by atomic mass is 15.4. The average molecular weight is 212 g/mol. The lowest BCUT2D eigenvalue weighted by Gasteiger charge is -2.27. The normalized spacial score (nSPS) is 23.2. The largest absolute Gasteiger partial charge is 0.287 e. The van der Waals surface area contributed by atoms with Crippen LogP contribution >= 0.6 is 0 Å². The maximum Gasteiger partial charge on any atom is 0.0512 e. The Labute approximate surface area is 95.6 Å². The summed E-state index contributed by atoms with van der Waals surface area (Å²) in [5.74, 6) is 0. The van der Waals surface area contributed by atoms with Gasteiger partial charge in [0.25, 0.3) is 0 Å². The van der Waals surface area contributed by atoms with Crippen LogP contribution in [-0.2, 0) is 0 Å². The minimum atomic E-state index is 0.772. The van der Waals surface area contributed by atoms with Crippen molar-refractivity contribution in [3.05, 3.63) is 0 Å². The number of hydrogen-bond acceptors (Lipinski definition) is 2. The van der Waals surface area contributed by atoms with Crippen LogP contribution in [0.15, 0.2) is 0 Å². The summed E-state index contributed by atoms with van der Waals surface area (Å²) in [5, 5.41) is 0. The first-order chi connectivity index (χ1) is 7.19. The van der Waals surface area contributed by atoms with Crippen LogP contribution in [0.2, 0.25) is 0 Å². The van der Waals surface area contributed by atoms with Crippen molar-refractivity contribution in [2.75, 3.05) is 19.8 Å². The number of rotatable bonds is 6. The zero-order chi connectivity index (χ0) is 11.3. The van der Waals surface area contributed by atoms with Crippen LogP contribution in [-0.4, -0.2) is 41.6 Å². The molecule has 0 N–H and O–H groups in total. The molecule has 0 radical (unpaired) electrons. The van der Waals surface area contributed by atoms with Gasteiger partial charge >= 0.3 is 0 Å². The van der Waals surface area contributed by atoms with Gasteiger partial charge in [0, 0.05) is 25.2 Å². The average Bonchev–Trinajstić information content (AvgIpc) is 2.67. The molecule has 1 fully saturated rings. The highest BCUT2D eigenvalue weighted by Gasteiger charge is 2.25. The summed E-state index contributed by atoms with van der Waals surface area (Å²) in [6, 6.07) is 1.54. The minimum absolute atomic E-state index is 0.772. The van der Waals surface area contributed by atoms with Crippen molar-refractivity contribution in [1.82, 2.24) is 9.80 Å². The zero-order valence-electron chi connectivity index (χ0n) is 11.0. The van der Waals surface area contributed by atoms with Gasteiger partial charge in [0.15, 0.2) is 0 Å². The van der Waals surface area contributed by atoms with E-state index in [4.69, 9.17) is 0 Å². The standard InChI is InChI=1S/C13H28N2/c1-5-7-12(3)14-9-10-15(11-14)13(4)8-6-2/h12-13H,5-11H2,1-4H3. The van der Waals surface area contributed by atoms with E-state index in [-0.39, 0.29) is 0 Å². The summed E-state index contributed by atoms with van der Waals surface area (Å²) in [6.07, 6.45) is 5.30. The molecule has 2 atom stereocenters. The Morgan fingerprint density at radius 3 is 1.60 bits per heavy atom. The maximum atomic E-state index is 2.63. The van der Waals surface area contributed by atoms with Crippen molar-refractivity contribution in [3.8, 4) is 0 Å². The number of hydrogen-bond donors (Lipinski definition) is 0. The van der Waals surface area contributed by atoms with Crippen LogP contribution in [0.25, 0.3) is 0 Å². The molecule has 1 saturated heterocycles. The smallest absolute Gasteiger partial charge is 0.0512 e. The highest BCUT2D eigenvalue weighted by Crippen LogP contribution is 2.17. The summed E-state index contributed by atoms with van der Waals surface area (Å²) in [7, 11) is 0. The Morgan fingerprint density at radius 2 is 1.27 bits per heavy atom. The van der Waals surface area contributed by atoms with Crippen LogP contribution in [0.3, 0.4) is 0 Å². The SMILES string of the molecule is CCCC(C)N1CCN(C(C)CCC)C1. The molecule has 0 aromatic heterocycles. The third-order valence-electron chi connectivity index (χ3n) is 3.70. The fourth-order valence-corrected chi connectivity index (χ4v) is 2.55. The van der Waals surface area contributed by atoms with Gasteiger partial charge in [-0.05, 0) is 26.7 Å². The van der Waals surface area contributed by atoms with E-state index >= 15 is 0 Å². The van der Waals surface area contributed by atoms with E-state index in [0.717, 1.165) is 12.1 Å². The molecule has 0 saturated carbocycles. The quantitative estimate of drug-likeness (QED) is 0.668. The molecule has 0 aromatic rings. The lowest BCUT2D eigenvalue weighted by atomic mass is 10.2. The van der Waals surface area contributed by atoms with Crippen LogP contribution in [0.1, 0.15) is 53.4 Å². The summed E-state index contributed by atoms with van der Waals surface area (Å²) in [5.41, 5.74) is 0. The molecule has 1 rings (SSSR count). The molecule has 1 aliphatic heterocycles. The van der Waals surface area contributed by atoms with E-state index in [1.807, 2.05) is 0 Å². The molecule has 1 aliphatic rings. The van der Waals surface area contributed by atoms with Gasteiger partial charge in [0.1, 0.15) is 0 Å². The van der Waals surface area contributed by atoms with Gasteiger partial charge in [-0.25, -0.2) is 0 Å². The second-order valence-electron chi connectivity index (χ2n) is 5.04. The Kier molecular flexibility index (Phi) is 5.62. The predicted octanol–water partition coefficient (Wildman–Crippen LogP) is 2.94. The monoisotopic (exact) mass is 212 g/mol. The molecule has 2 nitrogen and oxygen atoms in total. The van der Waals surface area contributed by atoms with Gasteiger partial charge < -0.3 is 0 Å². The first-order valence-corrected chi connectivity index (χ1v) is 6.67. The Morgan fingerprint density at radius 1 is 0.867 bits per heavy atom. The lowest BCUT2D eigenvalue weighted by Crippen LogP contribution is -2.36. The van der Waals surface area contributed by atoms with Crippen molar-refractivity contribution in [1.29, 1.82) is 0 Å². The molecular formula is C13H28N2. The highest BCUT2D eigenvalue weighted by molar-refractivity contribution is 4.79. The Hall–Kier alpha value is -0.0800. The molecule has 2 unspecified atom stereocenters. The van der Waals surface area contributed by atoms with E-state index in [1.54, 1.807) is 0 Å². The predicted molar refractivity (Wildman–Crippen MR) is 67.0 cm³/mol. The van der Waals surface area contributed by atoms with Crippen molar-refractivity contribution in [2.24, 2.45) is 0 Å². The lowest BCUT2D eigenvalue weighted by molar-refractivity contribution is 0.162. The van der Waals surface area contributed by atoms with Gasteiger partial charge in [0.2, 0.25) is 0 Å². The molecule has 0 aliphatic carbocycles. The van der Waals surface area contributed by atoms with Crippen molar-refractivity contribution >= 4 is 0 Å². The third-order valence-corrected chi connectivity index (χ3v) is 3.70. The van der Waals surface area contributed by atoms with E-state index in [1.165, 1.54) is 45.4 Å². The Bertz CT molecular complexity index is 152. The van der Waals surface area contributed by atoms with Crippen LogP contribution < -0.4 is 0 Å². The van der Waals surface area contributed by atoms with Crippen LogP contribution in [0, 0.1) is 0 Å². The van der Waals surface area contributed by atoms with Crippen LogP contribution in [0.4, 0.5) is 0 Å².